The third kappa shape index (κ3) is 4.43. The molecular weight excluding hydrogens is 268 g/mol. The monoisotopic (exact) mass is 292 g/mol. The highest BCUT2D eigenvalue weighted by atomic mass is 32.2. The Morgan fingerprint density at radius 1 is 1.37 bits per heavy atom. The number of nitrogens with zero attached hydrogens (tertiary/aromatic N) is 1. The van der Waals surface area contributed by atoms with Crippen molar-refractivity contribution in [3.05, 3.63) is 0 Å². The zero-order valence-corrected chi connectivity index (χ0v) is 12.7. The number of carbonyl (C=O) groups is 1. The number of aliphatic hydroxyl groups excluding tert-OH is 1. The number of amides is 1. The second-order valence-electron chi connectivity index (χ2n) is 5.61. The van der Waals surface area contributed by atoms with Gasteiger partial charge in [-0.2, -0.15) is 0 Å². The number of sulfonamides is 1. The maximum Gasteiger partial charge on any atom is 0.223 e. The van der Waals surface area contributed by atoms with Gasteiger partial charge in [-0.3, -0.25) is 4.79 Å². The molecule has 0 unspecified atom stereocenters. The topological polar surface area (TPSA) is 86.7 Å². The summed E-state index contributed by atoms with van der Waals surface area (Å²) in [5.41, 5.74) is -0.635. The van der Waals surface area contributed by atoms with E-state index in [1.807, 2.05) is 0 Å². The largest absolute Gasteiger partial charge is 0.394 e. The van der Waals surface area contributed by atoms with Gasteiger partial charge in [-0.1, -0.05) is 0 Å². The van der Waals surface area contributed by atoms with Crippen molar-refractivity contribution < 1.29 is 18.3 Å². The average molecular weight is 292 g/mol. The van der Waals surface area contributed by atoms with Crippen LogP contribution in [0.3, 0.4) is 0 Å². The molecule has 1 heterocycles. The van der Waals surface area contributed by atoms with Gasteiger partial charge in [-0.25, -0.2) is 12.7 Å². The van der Waals surface area contributed by atoms with Gasteiger partial charge < -0.3 is 10.4 Å². The standard InChI is InChI=1S/C12H24N2O4S/c1-4-19(17,18)14-7-5-10(6-8-14)11(16)13-12(2,3)9-15/h10,15H,4-9H2,1-3H3,(H,13,16). The molecule has 0 aromatic rings. The van der Waals surface area contributed by atoms with Crippen LogP contribution in [0.4, 0.5) is 0 Å². The molecule has 0 aromatic heterocycles. The van der Waals surface area contributed by atoms with Crippen LogP contribution in [0.5, 0.6) is 0 Å². The molecule has 1 rings (SSSR count). The van der Waals surface area contributed by atoms with Gasteiger partial charge in [0.25, 0.3) is 0 Å². The SMILES string of the molecule is CCS(=O)(=O)N1CCC(C(=O)NC(C)(C)CO)CC1. The number of rotatable bonds is 5. The molecule has 0 radical (unpaired) electrons. The molecule has 1 amide bonds. The molecule has 1 fully saturated rings. The van der Waals surface area contributed by atoms with Gasteiger partial charge in [0.2, 0.25) is 15.9 Å². The summed E-state index contributed by atoms with van der Waals surface area (Å²) < 4.78 is 24.8. The molecule has 7 heteroatoms. The fourth-order valence-electron chi connectivity index (χ4n) is 2.05. The van der Waals surface area contributed by atoms with Gasteiger partial charge in [0.15, 0.2) is 0 Å². The zero-order valence-electron chi connectivity index (χ0n) is 11.8. The first-order chi connectivity index (χ1) is 8.72. The summed E-state index contributed by atoms with van der Waals surface area (Å²) in [5, 5.41) is 11.9. The van der Waals surface area contributed by atoms with Crippen LogP contribution in [0.15, 0.2) is 0 Å². The van der Waals surface area contributed by atoms with Crippen molar-refractivity contribution in [3.8, 4) is 0 Å². The molecule has 112 valence electrons. The number of piperidine rings is 1. The second-order valence-corrected chi connectivity index (χ2v) is 7.86. The van der Waals surface area contributed by atoms with Gasteiger partial charge in [0.05, 0.1) is 17.9 Å². The van der Waals surface area contributed by atoms with Crippen molar-refractivity contribution in [1.29, 1.82) is 0 Å². The van der Waals surface area contributed by atoms with Crippen LogP contribution in [-0.2, 0) is 14.8 Å². The highest BCUT2D eigenvalue weighted by Crippen LogP contribution is 2.20. The van der Waals surface area contributed by atoms with Gasteiger partial charge in [-0.15, -0.1) is 0 Å². The molecule has 0 spiro atoms. The van der Waals surface area contributed by atoms with E-state index in [0.717, 1.165) is 0 Å². The Kier molecular flexibility index (Phi) is 5.34. The van der Waals surface area contributed by atoms with E-state index in [2.05, 4.69) is 5.32 Å². The lowest BCUT2D eigenvalue weighted by Gasteiger charge is -2.32. The summed E-state index contributed by atoms with van der Waals surface area (Å²) in [7, 11) is -3.15. The second kappa shape index (κ2) is 6.19. The van der Waals surface area contributed by atoms with Gasteiger partial charge in [0.1, 0.15) is 0 Å². The number of nitrogens with one attached hydrogen (secondary N) is 1. The molecule has 0 aliphatic carbocycles. The number of hydrogen-bond donors (Lipinski definition) is 2. The molecule has 19 heavy (non-hydrogen) atoms. The van der Waals surface area contributed by atoms with E-state index in [-0.39, 0.29) is 24.2 Å². The normalized spacial score (nSPS) is 19.4. The van der Waals surface area contributed by atoms with Crippen LogP contribution in [-0.4, -0.2) is 54.7 Å². The fourth-order valence-corrected chi connectivity index (χ4v) is 3.19. The lowest BCUT2D eigenvalue weighted by molar-refractivity contribution is -0.128. The van der Waals surface area contributed by atoms with Crippen LogP contribution < -0.4 is 5.32 Å². The van der Waals surface area contributed by atoms with Crippen molar-refractivity contribution in [2.45, 2.75) is 39.2 Å². The van der Waals surface area contributed by atoms with Crippen molar-refractivity contribution in [1.82, 2.24) is 9.62 Å². The van der Waals surface area contributed by atoms with Crippen LogP contribution in [0.2, 0.25) is 0 Å². The molecule has 1 aliphatic heterocycles. The minimum Gasteiger partial charge on any atom is -0.394 e. The van der Waals surface area contributed by atoms with E-state index in [1.54, 1.807) is 20.8 Å². The first-order valence-corrected chi connectivity index (χ1v) is 8.23. The molecule has 1 aliphatic rings. The maximum atomic E-state index is 12.0. The summed E-state index contributed by atoms with van der Waals surface area (Å²) in [5.74, 6) is -0.178. The van der Waals surface area contributed by atoms with Gasteiger partial charge in [0, 0.05) is 19.0 Å². The molecule has 0 bridgehead atoms. The molecule has 1 saturated heterocycles. The minimum atomic E-state index is -3.15. The van der Waals surface area contributed by atoms with E-state index in [1.165, 1.54) is 4.31 Å². The Morgan fingerprint density at radius 2 is 1.89 bits per heavy atom. The molecule has 2 N–H and O–H groups in total. The summed E-state index contributed by atoms with van der Waals surface area (Å²) >= 11 is 0. The van der Waals surface area contributed by atoms with Gasteiger partial charge >= 0.3 is 0 Å². The third-order valence-corrected chi connectivity index (χ3v) is 5.32. The Hall–Kier alpha value is -0.660. The summed E-state index contributed by atoms with van der Waals surface area (Å²) in [6, 6.07) is 0. The fraction of sp³-hybridized carbons (Fsp3) is 0.917. The Balaban J connectivity index is 2.53. The maximum absolute atomic E-state index is 12.0. The molecular formula is C12H24N2O4S. The highest BCUT2D eigenvalue weighted by Gasteiger charge is 2.32. The van der Waals surface area contributed by atoms with Crippen LogP contribution in [0, 0.1) is 5.92 Å². The van der Waals surface area contributed by atoms with Crippen LogP contribution >= 0.6 is 0 Å². The quantitative estimate of drug-likeness (QED) is 0.743. The smallest absolute Gasteiger partial charge is 0.223 e. The lowest BCUT2D eigenvalue weighted by Crippen LogP contribution is -2.51. The number of carbonyl (C=O) groups excluding carboxylic acids is 1. The van der Waals surface area contributed by atoms with E-state index in [9.17, 15) is 13.2 Å². The van der Waals surface area contributed by atoms with Crippen LogP contribution in [0.1, 0.15) is 33.6 Å². The van der Waals surface area contributed by atoms with E-state index in [4.69, 9.17) is 5.11 Å². The number of hydrogen-bond acceptors (Lipinski definition) is 4. The molecule has 0 aromatic carbocycles. The first-order valence-electron chi connectivity index (χ1n) is 6.62. The minimum absolute atomic E-state index is 0.0986. The molecule has 0 atom stereocenters. The predicted molar refractivity (Wildman–Crippen MR) is 73.1 cm³/mol. The highest BCUT2D eigenvalue weighted by molar-refractivity contribution is 7.89. The van der Waals surface area contributed by atoms with E-state index < -0.39 is 15.6 Å². The Bertz CT molecular complexity index is 411. The van der Waals surface area contributed by atoms with Crippen molar-refractivity contribution in [3.63, 3.8) is 0 Å². The summed E-state index contributed by atoms with van der Waals surface area (Å²) in [6.45, 7) is 5.80. The first kappa shape index (κ1) is 16.4. The average Bonchev–Trinajstić information content (AvgIpc) is 2.38. The van der Waals surface area contributed by atoms with Crippen molar-refractivity contribution in [2.75, 3.05) is 25.4 Å². The molecule has 6 nitrogen and oxygen atoms in total. The third-order valence-electron chi connectivity index (χ3n) is 3.44. The van der Waals surface area contributed by atoms with Crippen molar-refractivity contribution >= 4 is 15.9 Å². The molecule has 0 saturated carbocycles. The summed E-state index contributed by atoms with van der Waals surface area (Å²) in [6.07, 6.45) is 1.07. The Labute approximate surface area is 115 Å². The lowest BCUT2D eigenvalue weighted by atomic mass is 9.95. The van der Waals surface area contributed by atoms with Crippen LogP contribution in [0.25, 0.3) is 0 Å². The zero-order chi connectivity index (χ0) is 14.7. The van der Waals surface area contributed by atoms with Gasteiger partial charge in [-0.05, 0) is 33.6 Å². The summed E-state index contributed by atoms with van der Waals surface area (Å²) in [4.78, 5) is 12.0. The Morgan fingerprint density at radius 3 is 2.32 bits per heavy atom. The van der Waals surface area contributed by atoms with E-state index in [0.29, 0.717) is 25.9 Å². The number of aliphatic hydroxyl groups is 1. The predicted octanol–water partition coefficient (Wildman–Crippen LogP) is -0.0648. The van der Waals surface area contributed by atoms with Crippen molar-refractivity contribution in [2.24, 2.45) is 5.92 Å². The van der Waals surface area contributed by atoms with E-state index >= 15 is 0 Å².